The van der Waals surface area contributed by atoms with Crippen LogP contribution >= 0.6 is 40.7 Å². The van der Waals surface area contributed by atoms with Gasteiger partial charge in [-0.15, -0.1) is 24.8 Å². The third-order valence-electron chi connectivity index (χ3n) is 1.42. The average Bonchev–Trinajstić information content (AvgIpc) is 2.03. The van der Waals surface area contributed by atoms with E-state index in [1.54, 1.807) is 0 Å². The van der Waals surface area contributed by atoms with E-state index in [2.05, 4.69) is 20.9 Å². The molecule has 0 saturated carbocycles. The van der Waals surface area contributed by atoms with Crippen molar-refractivity contribution in [2.45, 2.75) is 12.2 Å². The lowest BCUT2D eigenvalue weighted by Gasteiger charge is -2.14. The van der Waals surface area contributed by atoms with Gasteiger partial charge in [-0.1, -0.05) is 0 Å². The highest BCUT2D eigenvalue weighted by Crippen LogP contribution is 2.29. The van der Waals surface area contributed by atoms with Crippen LogP contribution in [0.25, 0.3) is 0 Å². The van der Waals surface area contributed by atoms with Crippen LogP contribution in [0.15, 0.2) is 22.8 Å². The van der Waals surface area contributed by atoms with E-state index < -0.39 is 12.2 Å². The maximum absolute atomic E-state index is 12.1. The quantitative estimate of drug-likeness (QED) is 0.860. The molecule has 2 nitrogen and oxygen atoms in total. The van der Waals surface area contributed by atoms with Crippen molar-refractivity contribution in [3.05, 3.63) is 28.5 Å². The number of halogens is 6. The maximum Gasteiger partial charge on any atom is 0.409 e. The molecule has 0 aliphatic heterocycles. The number of pyridine rings is 1. The molecule has 1 rings (SSSR count). The van der Waals surface area contributed by atoms with Gasteiger partial charge in [-0.2, -0.15) is 13.2 Å². The van der Waals surface area contributed by atoms with Gasteiger partial charge in [-0.25, -0.2) is 0 Å². The second kappa shape index (κ2) is 6.52. The van der Waals surface area contributed by atoms with Crippen molar-refractivity contribution in [1.82, 2.24) is 4.98 Å². The van der Waals surface area contributed by atoms with E-state index in [1.165, 1.54) is 18.3 Å². The molecule has 0 bridgehead atoms. The Morgan fingerprint density at radius 2 is 1.80 bits per heavy atom. The lowest BCUT2D eigenvalue weighted by atomic mass is 10.2. The molecule has 1 aromatic heterocycles. The molecule has 15 heavy (non-hydrogen) atoms. The topological polar surface area (TPSA) is 38.9 Å². The number of nitrogens with zero attached hydrogens (tertiary/aromatic N) is 1. The normalized spacial score (nSPS) is 12.3. The van der Waals surface area contributed by atoms with Crippen molar-refractivity contribution < 1.29 is 13.2 Å². The number of aromatic nitrogens is 1. The molecule has 1 unspecified atom stereocenters. The molecular weight excluding hydrogens is 320 g/mol. The van der Waals surface area contributed by atoms with Crippen molar-refractivity contribution in [3.8, 4) is 0 Å². The minimum absolute atomic E-state index is 0. The Kier molecular flexibility index (Phi) is 7.55. The molecule has 0 saturated heterocycles. The summed E-state index contributed by atoms with van der Waals surface area (Å²) in [5.41, 5.74) is 4.73. The van der Waals surface area contributed by atoms with Crippen LogP contribution in [-0.4, -0.2) is 11.2 Å². The van der Waals surface area contributed by atoms with Crippen LogP contribution < -0.4 is 5.73 Å². The first-order valence-corrected chi connectivity index (χ1v) is 4.14. The Morgan fingerprint density at radius 3 is 2.13 bits per heavy atom. The standard InChI is InChI=1S/C7H6BrF3N2.2ClH/c8-4-1-2-5(13-3-4)6(12)7(9,10)11;;/h1-3,6H,12H2;2*1H. The first kappa shape index (κ1) is 17.4. The van der Waals surface area contributed by atoms with Crippen LogP contribution in [0.1, 0.15) is 11.7 Å². The van der Waals surface area contributed by atoms with Gasteiger partial charge >= 0.3 is 6.18 Å². The minimum Gasteiger partial charge on any atom is -0.315 e. The second-order valence-corrected chi connectivity index (χ2v) is 3.34. The summed E-state index contributed by atoms with van der Waals surface area (Å²) in [6, 6.07) is 0.691. The van der Waals surface area contributed by atoms with Crippen molar-refractivity contribution in [1.29, 1.82) is 0 Å². The first-order valence-electron chi connectivity index (χ1n) is 3.35. The van der Waals surface area contributed by atoms with Crippen molar-refractivity contribution in [2.75, 3.05) is 0 Å². The SMILES string of the molecule is Cl.Cl.NC(c1ccc(Br)cn1)C(F)(F)F. The third kappa shape index (κ3) is 5.01. The number of rotatable bonds is 1. The van der Waals surface area contributed by atoms with E-state index in [1.807, 2.05) is 0 Å². The first-order chi connectivity index (χ1) is 5.91. The van der Waals surface area contributed by atoms with Crippen LogP contribution in [0.5, 0.6) is 0 Å². The summed E-state index contributed by atoms with van der Waals surface area (Å²) in [6.07, 6.45) is -3.16. The molecule has 0 aromatic carbocycles. The molecule has 0 aliphatic rings. The molecule has 0 radical (unpaired) electrons. The van der Waals surface area contributed by atoms with Gasteiger partial charge in [0.05, 0.1) is 5.69 Å². The second-order valence-electron chi connectivity index (χ2n) is 2.42. The summed E-state index contributed by atoms with van der Waals surface area (Å²) in [7, 11) is 0. The van der Waals surface area contributed by atoms with Crippen LogP contribution in [0.2, 0.25) is 0 Å². The smallest absolute Gasteiger partial charge is 0.315 e. The zero-order valence-corrected chi connectivity index (χ0v) is 10.4. The van der Waals surface area contributed by atoms with Gasteiger partial charge in [0.1, 0.15) is 6.04 Å². The Balaban J connectivity index is 0. The van der Waals surface area contributed by atoms with Crippen molar-refractivity contribution in [3.63, 3.8) is 0 Å². The summed E-state index contributed by atoms with van der Waals surface area (Å²) in [6.45, 7) is 0. The Bertz CT molecular complexity index is 291. The molecule has 1 aromatic rings. The molecule has 88 valence electrons. The molecular formula is C7H8BrCl2F3N2. The van der Waals surface area contributed by atoms with Gasteiger partial charge in [-0.3, -0.25) is 4.98 Å². The Hall–Kier alpha value is -0.0400. The summed E-state index contributed by atoms with van der Waals surface area (Å²) in [5.74, 6) is 0. The molecule has 2 N–H and O–H groups in total. The van der Waals surface area contributed by atoms with Crippen LogP contribution in [-0.2, 0) is 0 Å². The zero-order valence-electron chi connectivity index (χ0n) is 7.16. The fraction of sp³-hybridized carbons (Fsp3) is 0.286. The lowest BCUT2D eigenvalue weighted by molar-refractivity contribution is -0.150. The Labute approximate surface area is 105 Å². The number of nitrogens with two attached hydrogens (primary N) is 1. The van der Waals surface area contributed by atoms with E-state index in [-0.39, 0.29) is 30.5 Å². The van der Waals surface area contributed by atoms with Crippen molar-refractivity contribution in [2.24, 2.45) is 5.73 Å². The van der Waals surface area contributed by atoms with Crippen molar-refractivity contribution >= 4 is 40.7 Å². The van der Waals surface area contributed by atoms with Gasteiger partial charge in [0.25, 0.3) is 0 Å². The lowest BCUT2D eigenvalue weighted by Crippen LogP contribution is -2.29. The largest absolute Gasteiger partial charge is 0.409 e. The summed E-state index contributed by atoms with van der Waals surface area (Å²) in [5, 5.41) is 0. The average molecular weight is 328 g/mol. The highest BCUT2D eigenvalue weighted by molar-refractivity contribution is 9.10. The van der Waals surface area contributed by atoms with Gasteiger partial charge in [0, 0.05) is 10.7 Å². The molecule has 0 spiro atoms. The molecule has 0 fully saturated rings. The predicted octanol–water partition coefficient (Wildman–Crippen LogP) is 3.25. The monoisotopic (exact) mass is 326 g/mol. The molecule has 8 heteroatoms. The van der Waals surface area contributed by atoms with E-state index >= 15 is 0 Å². The molecule has 0 amide bonds. The van der Waals surface area contributed by atoms with Crippen LogP contribution in [0.3, 0.4) is 0 Å². The van der Waals surface area contributed by atoms with Gasteiger partial charge in [-0.05, 0) is 28.1 Å². The summed E-state index contributed by atoms with van der Waals surface area (Å²) >= 11 is 3.06. The third-order valence-corrected chi connectivity index (χ3v) is 1.89. The highest BCUT2D eigenvalue weighted by Gasteiger charge is 2.38. The predicted molar refractivity (Wildman–Crippen MR) is 59.4 cm³/mol. The summed E-state index contributed by atoms with van der Waals surface area (Å²) < 4.78 is 36.8. The minimum atomic E-state index is -4.44. The van der Waals surface area contributed by atoms with Gasteiger partial charge in [0.2, 0.25) is 0 Å². The summed E-state index contributed by atoms with van der Waals surface area (Å²) in [4.78, 5) is 3.55. The van der Waals surface area contributed by atoms with E-state index in [0.717, 1.165) is 0 Å². The number of alkyl halides is 3. The molecule has 0 aliphatic carbocycles. The van der Waals surface area contributed by atoms with Gasteiger partial charge < -0.3 is 5.73 Å². The fourth-order valence-electron chi connectivity index (χ4n) is 0.739. The van der Waals surface area contributed by atoms with E-state index in [0.29, 0.717) is 4.47 Å². The van der Waals surface area contributed by atoms with E-state index in [9.17, 15) is 13.2 Å². The van der Waals surface area contributed by atoms with E-state index in [4.69, 9.17) is 5.73 Å². The molecule has 1 heterocycles. The Morgan fingerprint density at radius 1 is 1.27 bits per heavy atom. The number of hydrogen-bond donors (Lipinski definition) is 1. The zero-order chi connectivity index (χ0) is 10.1. The maximum atomic E-state index is 12.1. The fourth-order valence-corrected chi connectivity index (χ4v) is 0.973. The number of hydrogen-bond acceptors (Lipinski definition) is 2. The highest BCUT2D eigenvalue weighted by atomic mass is 79.9. The van der Waals surface area contributed by atoms with Gasteiger partial charge in [0.15, 0.2) is 0 Å². The van der Waals surface area contributed by atoms with Crippen LogP contribution in [0, 0.1) is 0 Å². The van der Waals surface area contributed by atoms with Crippen LogP contribution in [0.4, 0.5) is 13.2 Å². The molecule has 1 atom stereocenters.